The molecule has 1 amide bonds. The summed E-state index contributed by atoms with van der Waals surface area (Å²) in [4.78, 5) is 11.9. The molecule has 1 aromatic carbocycles. The van der Waals surface area contributed by atoms with E-state index >= 15 is 0 Å². The Balaban J connectivity index is 2.69. The largest absolute Gasteiger partial charge is 0.490 e. The summed E-state index contributed by atoms with van der Waals surface area (Å²) in [5, 5.41) is 5.80. The summed E-state index contributed by atoms with van der Waals surface area (Å²) in [5.41, 5.74) is 0.230. The van der Waals surface area contributed by atoms with E-state index in [1.807, 2.05) is 6.92 Å². The number of carbonyl (C=O) groups is 1. The minimum absolute atomic E-state index is 0.0148. The maximum absolute atomic E-state index is 13.5. The van der Waals surface area contributed by atoms with Crippen LogP contribution in [0.4, 0.5) is 4.39 Å². The molecule has 0 aliphatic rings. The van der Waals surface area contributed by atoms with Crippen molar-refractivity contribution in [2.24, 2.45) is 0 Å². The normalized spacial score (nSPS) is 10.2. The van der Waals surface area contributed by atoms with Gasteiger partial charge in [0.2, 0.25) is 0 Å². The van der Waals surface area contributed by atoms with E-state index < -0.39 is 5.82 Å². The van der Waals surface area contributed by atoms with Crippen LogP contribution >= 0.6 is 0 Å². The summed E-state index contributed by atoms with van der Waals surface area (Å²) in [7, 11) is 0. The van der Waals surface area contributed by atoms with Gasteiger partial charge in [0, 0.05) is 13.1 Å². The van der Waals surface area contributed by atoms with Gasteiger partial charge in [0.25, 0.3) is 5.91 Å². The molecule has 0 aliphatic heterocycles. The molecule has 2 N–H and O–H groups in total. The van der Waals surface area contributed by atoms with E-state index in [1.165, 1.54) is 12.1 Å². The highest BCUT2D eigenvalue weighted by molar-refractivity contribution is 5.96. The molecule has 0 heterocycles. The fraction of sp³-hybridized carbons (Fsp3) is 0.462. The zero-order valence-corrected chi connectivity index (χ0v) is 10.8. The Morgan fingerprint density at radius 1 is 1.33 bits per heavy atom. The van der Waals surface area contributed by atoms with Crippen molar-refractivity contribution in [3.8, 4) is 5.75 Å². The van der Waals surface area contributed by atoms with Crippen LogP contribution in [0, 0.1) is 5.82 Å². The van der Waals surface area contributed by atoms with Crippen LogP contribution in [0.15, 0.2) is 18.2 Å². The summed E-state index contributed by atoms with van der Waals surface area (Å²) in [6.07, 6.45) is 0. The second-order valence-corrected chi connectivity index (χ2v) is 3.66. The first-order valence-corrected chi connectivity index (χ1v) is 6.10. The molecule has 5 heteroatoms. The molecule has 0 unspecified atom stereocenters. The number of carbonyl (C=O) groups excluding carboxylic acids is 1. The molecule has 0 saturated carbocycles. The summed E-state index contributed by atoms with van der Waals surface area (Å²) < 4.78 is 18.7. The van der Waals surface area contributed by atoms with Crippen LogP contribution in [-0.4, -0.2) is 32.1 Å². The average Bonchev–Trinajstić information content (AvgIpc) is 2.37. The van der Waals surface area contributed by atoms with Crippen LogP contribution in [0.1, 0.15) is 24.2 Å². The van der Waals surface area contributed by atoms with Crippen molar-refractivity contribution in [1.29, 1.82) is 0 Å². The molecular weight excluding hydrogens is 235 g/mol. The molecule has 18 heavy (non-hydrogen) atoms. The van der Waals surface area contributed by atoms with Crippen molar-refractivity contribution in [1.82, 2.24) is 10.6 Å². The second kappa shape index (κ2) is 7.66. The lowest BCUT2D eigenvalue weighted by molar-refractivity contribution is 0.0949. The Bertz CT molecular complexity index is 397. The van der Waals surface area contributed by atoms with Crippen molar-refractivity contribution in [2.45, 2.75) is 13.8 Å². The van der Waals surface area contributed by atoms with Crippen LogP contribution in [-0.2, 0) is 0 Å². The zero-order chi connectivity index (χ0) is 13.4. The van der Waals surface area contributed by atoms with Crippen LogP contribution in [0.5, 0.6) is 5.75 Å². The molecule has 1 rings (SSSR count). The van der Waals surface area contributed by atoms with Crippen molar-refractivity contribution in [3.05, 3.63) is 29.6 Å². The molecule has 0 aromatic heterocycles. The van der Waals surface area contributed by atoms with E-state index in [4.69, 9.17) is 4.74 Å². The number of hydrogen-bond donors (Lipinski definition) is 2. The molecule has 0 bridgehead atoms. The summed E-state index contributed by atoms with van der Waals surface area (Å²) in [5.74, 6) is -0.826. The molecular formula is C13H19FN2O2. The van der Waals surface area contributed by atoms with Crippen molar-refractivity contribution < 1.29 is 13.9 Å². The van der Waals surface area contributed by atoms with Crippen molar-refractivity contribution >= 4 is 5.91 Å². The SMILES string of the molecule is CCNCCNC(=O)c1cccc(F)c1OCC. The van der Waals surface area contributed by atoms with Crippen LogP contribution in [0.3, 0.4) is 0 Å². The Kier molecular flexibility index (Phi) is 6.14. The smallest absolute Gasteiger partial charge is 0.255 e. The first kappa shape index (κ1) is 14.4. The highest BCUT2D eigenvalue weighted by Crippen LogP contribution is 2.22. The third-order valence-corrected chi connectivity index (χ3v) is 2.34. The number of para-hydroxylation sites is 1. The molecule has 4 nitrogen and oxygen atoms in total. The van der Waals surface area contributed by atoms with E-state index in [0.29, 0.717) is 19.7 Å². The number of nitrogens with one attached hydrogen (secondary N) is 2. The first-order chi connectivity index (χ1) is 8.70. The fourth-order valence-electron chi connectivity index (χ4n) is 1.52. The Hall–Kier alpha value is -1.62. The molecule has 1 aromatic rings. The topological polar surface area (TPSA) is 50.4 Å². The lowest BCUT2D eigenvalue weighted by Gasteiger charge is -2.11. The number of amides is 1. The van der Waals surface area contributed by atoms with E-state index in [1.54, 1.807) is 13.0 Å². The number of hydrogen-bond acceptors (Lipinski definition) is 3. The molecule has 0 atom stereocenters. The quantitative estimate of drug-likeness (QED) is 0.726. The third-order valence-electron chi connectivity index (χ3n) is 2.34. The maximum atomic E-state index is 13.5. The fourth-order valence-corrected chi connectivity index (χ4v) is 1.52. The number of benzene rings is 1. The number of likely N-dealkylation sites (N-methyl/N-ethyl adjacent to an activating group) is 1. The lowest BCUT2D eigenvalue weighted by atomic mass is 10.2. The van der Waals surface area contributed by atoms with Gasteiger partial charge < -0.3 is 15.4 Å². The van der Waals surface area contributed by atoms with Gasteiger partial charge in [-0.25, -0.2) is 4.39 Å². The first-order valence-electron chi connectivity index (χ1n) is 6.10. The predicted molar refractivity (Wildman–Crippen MR) is 68.4 cm³/mol. The number of halogens is 1. The molecule has 100 valence electrons. The molecule has 0 aliphatic carbocycles. The summed E-state index contributed by atoms with van der Waals surface area (Å²) in [6, 6.07) is 4.33. The average molecular weight is 254 g/mol. The zero-order valence-electron chi connectivity index (χ0n) is 10.8. The van der Waals surface area contributed by atoms with E-state index in [-0.39, 0.29) is 17.2 Å². The van der Waals surface area contributed by atoms with Gasteiger partial charge in [0.1, 0.15) is 0 Å². The van der Waals surface area contributed by atoms with Crippen molar-refractivity contribution in [3.63, 3.8) is 0 Å². The van der Waals surface area contributed by atoms with E-state index in [2.05, 4.69) is 10.6 Å². The van der Waals surface area contributed by atoms with Gasteiger partial charge >= 0.3 is 0 Å². The van der Waals surface area contributed by atoms with Gasteiger partial charge in [-0.2, -0.15) is 0 Å². The number of ether oxygens (including phenoxy) is 1. The van der Waals surface area contributed by atoms with E-state index in [0.717, 1.165) is 6.54 Å². The molecule has 0 fully saturated rings. The second-order valence-electron chi connectivity index (χ2n) is 3.66. The van der Waals surface area contributed by atoms with Gasteiger partial charge in [0.05, 0.1) is 12.2 Å². The standard InChI is InChI=1S/C13H19FN2O2/c1-3-15-8-9-16-13(17)10-6-5-7-11(14)12(10)18-4-2/h5-7,15H,3-4,8-9H2,1-2H3,(H,16,17). The molecule has 0 radical (unpaired) electrons. The summed E-state index contributed by atoms with van der Waals surface area (Å²) in [6.45, 7) is 6.08. The van der Waals surface area contributed by atoms with Crippen LogP contribution < -0.4 is 15.4 Å². The third kappa shape index (κ3) is 4.00. The van der Waals surface area contributed by atoms with Gasteiger partial charge in [-0.05, 0) is 25.6 Å². The van der Waals surface area contributed by atoms with Gasteiger partial charge in [-0.3, -0.25) is 4.79 Å². The van der Waals surface area contributed by atoms with Crippen molar-refractivity contribution in [2.75, 3.05) is 26.2 Å². The van der Waals surface area contributed by atoms with E-state index in [9.17, 15) is 9.18 Å². The molecule has 0 saturated heterocycles. The van der Waals surface area contributed by atoms with Gasteiger partial charge in [-0.15, -0.1) is 0 Å². The Morgan fingerprint density at radius 2 is 2.11 bits per heavy atom. The number of rotatable bonds is 7. The highest BCUT2D eigenvalue weighted by atomic mass is 19.1. The van der Waals surface area contributed by atoms with Gasteiger partial charge in [0.15, 0.2) is 11.6 Å². The van der Waals surface area contributed by atoms with Gasteiger partial charge in [-0.1, -0.05) is 13.0 Å². The van der Waals surface area contributed by atoms with Crippen LogP contribution in [0.25, 0.3) is 0 Å². The minimum atomic E-state index is -0.517. The lowest BCUT2D eigenvalue weighted by Crippen LogP contribution is -2.32. The Morgan fingerprint density at radius 3 is 2.78 bits per heavy atom. The predicted octanol–water partition coefficient (Wildman–Crippen LogP) is 1.56. The molecule has 0 spiro atoms. The maximum Gasteiger partial charge on any atom is 0.255 e. The minimum Gasteiger partial charge on any atom is -0.490 e. The Labute approximate surface area is 107 Å². The van der Waals surface area contributed by atoms with Crippen LogP contribution in [0.2, 0.25) is 0 Å². The monoisotopic (exact) mass is 254 g/mol. The highest BCUT2D eigenvalue weighted by Gasteiger charge is 2.15. The summed E-state index contributed by atoms with van der Waals surface area (Å²) >= 11 is 0.